The zero-order chi connectivity index (χ0) is 21.9. The number of carbonyl (C=O) groups excluding carboxylic acids is 1. The lowest BCUT2D eigenvalue weighted by Gasteiger charge is -2.39. The van der Waals surface area contributed by atoms with Crippen molar-refractivity contribution in [2.75, 3.05) is 43.0 Å². The number of benzene rings is 2. The number of hydrogen-bond acceptors (Lipinski definition) is 5. The number of piperazine rings is 1. The van der Waals surface area contributed by atoms with E-state index in [1.807, 2.05) is 35.2 Å². The summed E-state index contributed by atoms with van der Waals surface area (Å²) >= 11 is 0. The molecule has 2 bridgehead atoms. The summed E-state index contributed by atoms with van der Waals surface area (Å²) in [6.07, 6.45) is 4.29. The smallest absolute Gasteiger partial charge is 0.410 e. The summed E-state index contributed by atoms with van der Waals surface area (Å²) in [6.45, 7) is 4.00. The number of ether oxygens (including phenoxy) is 1. The van der Waals surface area contributed by atoms with Crippen LogP contribution in [0, 0.1) is 0 Å². The first-order valence-electron chi connectivity index (χ1n) is 12.0. The average Bonchev–Trinajstić information content (AvgIpc) is 3.11. The number of piperidine rings is 1. The van der Waals surface area contributed by atoms with Crippen LogP contribution in [0.3, 0.4) is 0 Å². The molecule has 3 aliphatic heterocycles. The number of nitrogens with zero attached hydrogens (tertiary/aromatic N) is 3. The van der Waals surface area contributed by atoms with Crippen molar-refractivity contribution in [1.82, 2.24) is 10.2 Å². The van der Waals surface area contributed by atoms with Crippen LogP contribution in [0.1, 0.15) is 31.2 Å². The van der Waals surface area contributed by atoms with Crippen molar-refractivity contribution in [3.05, 3.63) is 60.2 Å². The summed E-state index contributed by atoms with van der Waals surface area (Å²) in [7, 11) is 2.19. The summed E-state index contributed by atoms with van der Waals surface area (Å²) in [5, 5.41) is 3.57. The number of carbonyl (C=O) groups is 1. The second-order valence-electron chi connectivity index (χ2n) is 9.34. The summed E-state index contributed by atoms with van der Waals surface area (Å²) in [6, 6.07) is 20.6. The number of fused-ring (bicyclic) bond motifs is 2. The van der Waals surface area contributed by atoms with Crippen LogP contribution in [-0.2, 0) is 11.3 Å². The zero-order valence-corrected chi connectivity index (χ0v) is 19.0. The van der Waals surface area contributed by atoms with Gasteiger partial charge in [-0.05, 0) is 49.4 Å². The van der Waals surface area contributed by atoms with Gasteiger partial charge in [0.1, 0.15) is 6.61 Å². The fourth-order valence-corrected chi connectivity index (χ4v) is 5.53. The Morgan fingerprint density at radius 2 is 1.72 bits per heavy atom. The number of rotatable bonds is 5. The van der Waals surface area contributed by atoms with Gasteiger partial charge in [0.15, 0.2) is 0 Å². The first-order chi connectivity index (χ1) is 15.7. The van der Waals surface area contributed by atoms with E-state index in [2.05, 4.69) is 46.4 Å². The minimum atomic E-state index is -0.203. The Morgan fingerprint density at radius 1 is 1.00 bits per heavy atom. The predicted molar refractivity (Wildman–Crippen MR) is 128 cm³/mol. The van der Waals surface area contributed by atoms with E-state index in [1.54, 1.807) is 0 Å². The maximum Gasteiger partial charge on any atom is 0.410 e. The molecule has 6 heteroatoms. The Morgan fingerprint density at radius 3 is 2.44 bits per heavy atom. The molecular weight excluding hydrogens is 400 g/mol. The highest BCUT2D eigenvalue weighted by molar-refractivity contribution is 5.68. The molecule has 0 saturated carbocycles. The van der Waals surface area contributed by atoms with E-state index in [0.717, 1.165) is 44.6 Å². The molecule has 170 valence electrons. The zero-order valence-electron chi connectivity index (χ0n) is 19.0. The molecular formula is C26H34N4O2. The molecule has 3 aliphatic rings. The molecule has 0 spiro atoms. The van der Waals surface area contributed by atoms with E-state index < -0.39 is 0 Å². The molecule has 3 saturated heterocycles. The molecule has 2 aromatic carbocycles. The van der Waals surface area contributed by atoms with Gasteiger partial charge < -0.3 is 24.8 Å². The largest absolute Gasteiger partial charge is 0.445 e. The summed E-state index contributed by atoms with van der Waals surface area (Å²) in [5.74, 6) is 0. The van der Waals surface area contributed by atoms with Gasteiger partial charge in [-0.3, -0.25) is 0 Å². The van der Waals surface area contributed by atoms with E-state index in [-0.39, 0.29) is 6.09 Å². The van der Waals surface area contributed by atoms with E-state index in [4.69, 9.17) is 4.74 Å². The fourth-order valence-electron chi connectivity index (χ4n) is 5.53. The molecule has 0 radical (unpaired) electrons. The summed E-state index contributed by atoms with van der Waals surface area (Å²) in [5.41, 5.74) is 3.64. The summed E-state index contributed by atoms with van der Waals surface area (Å²) < 4.78 is 5.52. The van der Waals surface area contributed by atoms with E-state index in [0.29, 0.717) is 24.7 Å². The summed E-state index contributed by atoms with van der Waals surface area (Å²) in [4.78, 5) is 19.4. The number of likely N-dealkylation sites (tertiary alicyclic amines) is 1. The second-order valence-corrected chi connectivity index (χ2v) is 9.34. The van der Waals surface area contributed by atoms with Crippen LogP contribution in [0.5, 0.6) is 0 Å². The van der Waals surface area contributed by atoms with Gasteiger partial charge in [0, 0.05) is 62.7 Å². The number of hydrogen-bond donors (Lipinski definition) is 1. The van der Waals surface area contributed by atoms with Crippen molar-refractivity contribution in [1.29, 1.82) is 0 Å². The van der Waals surface area contributed by atoms with E-state index >= 15 is 0 Å². The van der Waals surface area contributed by atoms with Crippen molar-refractivity contribution in [3.63, 3.8) is 0 Å². The van der Waals surface area contributed by atoms with Crippen LogP contribution in [0.25, 0.3) is 0 Å². The van der Waals surface area contributed by atoms with Gasteiger partial charge in [-0.2, -0.15) is 0 Å². The Balaban J connectivity index is 1.16. The monoisotopic (exact) mass is 434 g/mol. The Kier molecular flexibility index (Phi) is 6.21. The van der Waals surface area contributed by atoms with Crippen molar-refractivity contribution in [2.24, 2.45) is 0 Å². The van der Waals surface area contributed by atoms with Gasteiger partial charge in [-0.15, -0.1) is 0 Å². The van der Waals surface area contributed by atoms with E-state index in [1.165, 1.54) is 24.2 Å². The Labute approximate surface area is 191 Å². The highest BCUT2D eigenvalue weighted by Gasteiger charge is 2.36. The van der Waals surface area contributed by atoms with Crippen LogP contribution in [0.2, 0.25) is 0 Å². The topological polar surface area (TPSA) is 48.0 Å². The van der Waals surface area contributed by atoms with E-state index in [9.17, 15) is 4.79 Å². The third-order valence-corrected chi connectivity index (χ3v) is 7.39. The van der Waals surface area contributed by atoms with Gasteiger partial charge in [0.2, 0.25) is 0 Å². The molecule has 2 atom stereocenters. The Bertz CT molecular complexity index is 897. The van der Waals surface area contributed by atoms with Crippen LogP contribution < -0.4 is 15.1 Å². The molecule has 1 N–H and O–H groups in total. The fraction of sp³-hybridized carbons (Fsp3) is 0.500. The number of amides is 1. The maximum absolute atomic E-state index is 12.5. The molecule has 3 heterocycles. The van der Waals surface area contributed by atoms with Gasteiger partial charge >= 0.3 is 6.09 Å². The van der Waals surface area contributed by atoms with Crippen LogP contribution in [-0.4, -0.2) is 62.3 Å². The lowest BCUT2D eigenvalue weighted by molar-refractivity contribution is 0.0870. The van der Waals surface area contributed by atoms with Gasteiger partial charge in [-0.25, -0.2) is 4.79 Å². The third-order valence-electron chi connectivity index (χ3n) is 7.39. The first-order valence-corrected chi connectivity index (χ1v) is 12.0. The molecule has 0 aromatic heterocycles. The molecule has 2 aromatic rings. The molecule has 6 nitrogen and oxygen atoms in total. The Hall–Kier alpha value is -2.73. The normalized spacial score (nSPS) is 23.3. The standard InChI is InChI=1S/C26H34N4O2/c1-28(22-8-5-9-23(16-22)30-24-10-11-25(30)18-27-17-24)21-12-14-29(15-13-21)26(31)32-19-20-6-3-2-4-7-20/h2-9,16,21,24-25,27H,10-15,17-19H2,1H3/t24-,25+. The SMILES string of the molecule is CN(c1cccc(N2[C@@H]3CC[C@H]2CNC3)c1)C1CCN(C(=O)OCc2ccccc2)CC1. The lowest BCUT2D eigenvalue weighted by Crippen LogP contribution is -2.52. The molecule has 3 fully saturated rings. The minimum Gasteiger partial charge on any atom is -0.445 e. The minimum absolute atomic E-state index is 0.203. The van der Waals surface area contributed by atoms with Gasteiger partial charge in [0.25, 0.3) is 0 Å². The lowest BCUT2D eigenvalue weighted by atomic mass is 10.0. The van der Waals surface area contributed by atoms with Crippen molar-refractivity contribution in [2.45, 2.75) is 50.4 Å². The molecule has 0 unspecified atom stereocenters. The van der Waals surface area contributed by atoms with Crippen LogP contribution in [0.15, 0.2) is 54.6 Å². The highest BCUT2D eigenvalue weighted by atomic mass is 16.6. The van der Waals surface area contributed by atoms with Gasteiger partial charge in [0.05, 0.1) is 0 Å². The highest BCUT2D eigenvalue weighted by Crippen LogP contribution is 2.34. The van der Waals surface area contributed by atoms with Crippen molar-refractivity contribution < 1.29 is 9.53 Å². The molecule has 1 amide bonds. The van der Waals surface area contributed by atoms with Gasteiger partial charge in [-0.1, -0.05) is 36.4 Å². The van der Waals surface area contributed by atoms with Crippen LogP contribution in [0.4, 0.5) is 16.2 Å². The second kappa shape index (κ2) is 9.41. The molecule has 32 heavy (non-hydrogen) atoms. The number of anilines is 2. The maximum atomic E-state index is 12.5. The molecule has 0 aliphatic carbocycles. The quantitative estimate of drug-likeness (QED) is 0.774. The number of nitrogens with one attached hydrogen (secondary N) is 1. The predicted octanol–water partition coefficient (Wildman–Crippen LogP) is 3.86. The van der Waals surface area contributed by atoms with Crippen molar-refractivity contribution >= 4 is 17.5 Å². The average molecular weight is 435 g/mol. The first kappa shape index (κ1) is 21.1. The van der Waals surface area contributed by atoms with Crippen molar-refractivity contribution in [3.8, 4) is 0 Å². The van der Waals surface area contributed by atoms with Crippen LogP contribution >= 0.6 is 0 Å². The molecule has 5 rings (SSSR count). The third kappa shape index (κ3) is 4.42.